The highest BCUT2D eigenvalue weighted by Gasteiger charge is 2.36. The second-order valence-electron chi connectivity index (χ2n) is 8.05. The van der Waals surface area contributed by atoms with Gasteiger partial charge in [-0.3, -0.25) is 0 Å². The van der Waals surface area contributed by atoms with Gasteiger partial charge in [-0.1, -0.05) is 81.5 Å². The summed E-state index contributed by atoms with van der Waals surface area (Å²) in [4.78, 5) is 0. The average molecular weight is 350 g/mol. The highest BCUT2D eigenvalue weighted by atomic mass is 31.1. The predicted molar refractivity (Wildman–Crippen MR) is 111 cm³/mol. The Morgan fingerprint density at radius 1 is 0.960 bits per heavy atom. The van der Waals surface area contributed by atoms with E-state index in [1.807, 2.05) is 0 Å². The van der Waals surface area contributed by atoms with Gasteiger partial charge in [0.1, 0.15) is 5.75 Å². The van der Waals surface area contributed by atoms with Crippen molar-refractivity contribution in [1.82, 2.24) is 0 Å². The second kappa shape index (κ2) is 6.46. The van der Waals surface area contributed by atoms with E-state index in [1.54, 1.807) is 0 Å². The van der Waals surface area contributed by atoms with Gasteiger partial charge in [0.2, 0.25) is 0 Å². The topological polar surface area (TPSA) is 20.2 Å². The molecule has 0 spiro atoms. The Bertz CT molecular complexity index is 813. The van der Waals surface area contributed by atoms with Crippen molar-refractivity contribution in [3.63, 3.8) is 0 Å². The Kier molecular flexibility index (Phi) is 4.64. The summed E-state index contributed by atoms with van der Waals surface area (Å²) in [5.74, 6) is 0.461. The molecule has 1 nitrogen and oxygen atoms in total. The van der Waals surface area contributed by atoms with Crippen molar-refractivity contribution >= 4 is 18.5 Å². The Balaban J connectivity index is 2.27. The standard InChI is InChI=1S/C23H27OP/c1-17-15-19(22(2,3)4)21(24)20(16-17)25(18-11-7-6-8-12-18)23(5)13-9-10-14-23/h6-16,24H,1-5H3. The molecule has 0 saturated heterocycles. The molecular formula is C23H27OP. The molecule has 1 aliphatic rings. The minimum atomic E-state index is -0.758. The first-order chi connectivity index (χ1) is 11.7. The van der Waals surface area contributed by atoms with Crippen molar-refractivity contribution < 1.29 is 5.11 Å². The summed E-state index contributed by atoms with van der Waals surface area (Å²) in [6.07, 6.45) is 8.78. The lowest BCUT2D eigenvalue weighted by Crippen LogP contribution is -2.29. The van der Waals surface area contributed by atoms with Crippen LogP contribution in [0.4, 0.5) is 0 Å². The number of allylic oxidation sites excluding steroid dienone is 4. The predicted octanol–water partition coefficient (Wildman–Crippen LogP) is 5.32. The van der Waals surface area contributed by atoms with E-state index in [1.165, 1.54) is 10.9 Å². The number of hydrogen-bond donors (Lipinski definition) is 1. The lowest BCUT2D eigenvalue weighted by Gasteiger charge is -2.34. The summed E-state index contributed by atoms with van der Waals surface area (Å²) in [5, 5.41) is 13.5. The van der Waals surface area contributed by atoms with E-state index in [-0.39, 0.29) is 10.6 Å². The molecule has 25 heavy (non-hydrogen) atoms. The first kappa shape index (κ1) is 18.0. The van der Waals surface area contributed by atoms with E-state index < -0.39 is 7.92 Å². The van der Waals surface area contributed by atoms with E-state index in [4.69, 9.17) is 0 Å². The van der Waals surface area contributed by atoms with Gasteiger partial charge in [-0.05, 0) is 44.1 Å². The zero-order chi connectivity index (χ0) is 18.2. The maximum absolute atomic E-state index is 11.2. The normalized spacial score (nSPS) is 17.0. The first-order valence-corrected chi connectivity index (χ1v) is 10.1. The molecule has 1 N–H and O–H groups in total. The largest absolute Gasteiger partial charge is 0.507 e. The Morgan fingerprint density at radius 2 is 1.56 bits per heavy atom. The second-order valence-corrected chi connectivity index (χ2v) is 10.7. The molecule has 0 heterocycles. The lowest BCUT2D eigenvalue weighted by molar-refractivity contribution is 0.450. The van der Waals surface area contributed by atoms with Crippen molar-refractivity contribution in [2.75, 3.05) is 0 Å². The molecule has 0 bridgehead atoms. The zero-order valence-electron chi connectivity index (χ0n) is 15.7. The highest BCUT2D eigenvalue weighted by Crippen LogP contribution is 2.53. The van der Waals surface area contributed by atoms with Gasteiger partial charge in [0.25, 0.3) is 0 Å². The van der Waals surface area contributed by atoms with Crippen LogP contribution in [0.25, 0.3) is 0 Å². The van der Waals surface area contributed by atoms with Gasteiger partial charge in [-0.2, -0.15) is 0 Å². The van der Waals surface area contributed by atoms with Crippen LogP contribution in [0.3, 0.4) is 0 Å². The summed E-state index contributed by atoms with van der Waals surface area (Å²) in [6.45, 7) is 10.9. The Morgan fingerprint density at radius 3 is 2.12 bits per heavy atom. The van der Waals surface area contributed by atoms with E-state index in [0.717, 1.165) is 10.9 Å². The summed E-state index contributed by atoms with van der Waals surface area (Å²) in [6, 6.07) is 14.9. The third kappa shape index (κ3) is 3.44. The fraction of sp³-hybridized carbons (Fsp3) is 0.304. The van der Waals surface area contributed by atoms with Crippen LogP contribution in [0, 0.1) is 6.92 Å². The van der Waals surface area contributed by atoms with Gasteiger partial charge < -0.3 is 5.11 Å². The SMILES string of the molecule is Cc1cc(P(c2ccccc2)C2(C)C=CC=C2)c(O)c(C(C)(C)C)c1. The van der Waals surface area contributed by atoms with Crippen LogP contribution in [0.5, 0.6) is 5.75 Å². The van der Waals surface area contributed by atoms with E-state index in [0.29, 0.717) is 5.75 Å². The van der Waals surface area contributed by atoms with Crippen molar-refractivity contribution in [3.8, 4) is 5.75 Å². The smallest absolute Gasteiger partial charge is 0.127 e. The Labute approximate surface area is 152 Å². The van der Waals surface area contributed by atoms with Gasteiger partial charge in [0.05, 0.1) is 0 Å². The maximum atomic E-state index is 11.2. The van der Waals surface area contributed by atoms with Gasteiger partial charge in [0.15, 0.2) is 0 Å². The summed E-state index contributed by atoms with van der Waals surface area (Å²) in [5.41, 5.74) is 2.14. The third-order valence-electron chi connectivity index (χ3n) is 4.76. The molecule has 3 rings (SSSR count). The molecule has 2 heteroatoms. The van der Waals surface area contributed by atoms with Gasteiger partial charge >= 0.3 is 0 Å². The van der Waals surface area contributed by atoms with Gasteiger partial charge in [0, 0.05) is 16.0 Å². The average Bonchev–Trinajstić information content (AvgIpc) is 2.98. The number of phenolic OH excluding ortho intramolecular Hbond substituents is 1. The molecule has 0 radical (unpaired) electrons. The molecule has 1 aliphatic carbocycles. The minimum Gasteiger partial charge on any atom is -0.507 e. The van der Waals surface area contributed by atoms with Crippen LogP contribution in [-0.4, -0.2) is 10.3 Å². The molecule has 0 amide bonds. The molecule has 2 aromatic carbocycles. The highest BCUT2D eigenvalue weighted by molar-refractivity contribution is 7.75. The fourth-order valence-electron chi connectivity index (χ4n) is 3.46. The monoisotopic (exact) mass is 350 g/mol. The first-order valence-electron chi connectivity index (χ1n) is 8.79. The molecule has 2 aromatic rings. The number of aromatic hydroxyl groups is 1. The molecule has 130 valence electrons. The van der Waals surface area contributed by atoms with Gasteiger partial charge in [-0.25, -0.2) is 0 Å². The third-order valence-corrected chi connectivity index (χ3v) is 7.66. The number of hydrogen-bond acceptors (Lipinski definition) is 1. The molecule has 0 aromatic heterocycles. The summed E-state index contributed by atoms with van der Waals surface area (Å²) < 4.78 is 0. The molecule has 1 atom stereocenters. The van der Waals surface area contributed by atoms with Crippen molar-refractivity contribution in [2.24, 2.45) is 0 Å². The van der Waals surface area contributed by atoms with E-state index >= 15 is 0 Å². The lowest BCUT2D eigenvalue weighted by atomic mass is 9.85. The van der Waals surface area contributed by atoms with Crippen LogP contribution >= 0.6 is 7.92 Å². The Hall–Kier alpha value is -1.85. The van der Waals surface area contributed by atoms with Crippen LogP contribution in [0.2, 0.25) is 0 Å². The van der Waals surface area contributed by atoms with Crippen molar-refractivity contribution in [3.05, 3.63) is 77.9 Å². The maximum Gasteiger partial charge on any atom is 0.127 e. The van der Waals surface area contributed by atoms with E-state index in [9.17, 15) is 5.11 Å². The van der Waals surface area contributed by atoms with Crippen LogP contribution < -0.4 is 10.6 Å². The van der Waals surface area contributed by atoms with Crippen LogP contribution in [0.1, 0.15) is 38.8 Å². The van der Waals surface area contributed by atoms with E-state index in [2.05, 4.69) is 101 Å². The molecular weight excluding hydrogens is 323 g/mol. The van der Waals surface area contributed by atoms with Crippen LogP contribution in [0.15, 0.2) is 66.8 Å². The number of benzene rings is 2. The molecule has 0 saturated carbocycles. The fourth-order valence-corrected chi connectivity index (χ4v) is 6.42. The number of rotatable bonds is 3. The summed E-state index contributed by atoms with van der Waals surface area (Å²) >= 11 is 0. The molecule has 0 fully saturated rings. The number of aryl methyl sites for hydroxylation is 1. The summed E-state index contributed by atoms with van der Waals surface area (Å²) in [7, 11) is -0.758. The van der Waals surface area contributed by atoms with Crippen molar-refractivity contribution in [1.29, 1.82) is 0 Å². The zero-order valence-corrected chi connectivity index (χ0v) is 16.6. The van der Waals surface area contributed by atoms with Crippen LogP contribution in [-0.2, 0) is 5.41 Å². The molecule has 1 unspecified atom stereocenters. The number of phenols is 1. The minimum absolute atomic E-state index is 0.0862. The quantitative estimate of drug-likeness (QED) is 0.743. The molecule has 0 aliphatic heterocycles. The van der Waals surface area contributed by atoms with Crippen molar-refractivity contribution in [2.45, 2.75) is 45.2 Å². The van der Waals surface area contributed by atoms with Gasteiger partial charge in [-0.15, -0.1) is 0 Å².